The van der Waals surface area contributed by atoms with Gasteiger partial charge in [-0.1, -0.05) is 0 Å². The Labute approximate surface area is 101 Å². The molecule has 1 saturated carbocycles. The molecule has 0 heterocycles. The zero-order valence-corrected chi connectivity index (χ0v) is 9.27. The standard InChI is InChI=1S/C12H9F3N2O/c13-7-5-8(14)11(9(15)6-7)12(2-3-12)17-10(18)1-4-16/h5-6H,1-3H2,(H,17,18). The molecular weight excluding hydrogens is 245 g/mol. The van der Waals surface area contributed by atoms with Crippen LogP contribution < -0.4 is 5.32 Å². The smallest absolute Gasteiger partial charge is 0.234 e. The molecule has 0 unspecified atom stereocenters. The number of nitrogens with zero attached hydrogens (tertiary/aromatic N) is 1. The predicted octanol–water partition coefficient (Wildman–Crippen LogP) is 2.12. The zero-order valence-electron chi connectivity index (χ0n) is 9.27. The Hall–Kier alpha value is -2.03. The zero-order chi connectivity index (χ0) is 13.3. The minimum absolute atomic E-state index is 0.338. The Bertz CT molecular complexity index is 524. The Morgan fingerprint density at radius 2 is 1.89 bits per heavy atom. The molecule has 1 aliphatic carbocycles. The number of rotatable bonds is 3. The monoisotopic (exact) mass is 254 g/mol. The van der Waals surface area contributed by atoms with Crippen molar-refractivity contribution < 1.29 is 18.0 Å². The maximum Gasteiger partial charge on any atom is 0.234 e. The van der Waals surface area contributed by atoms with Crippen molar-refractivity contribution in [3.05, 3.63) is 35.1 Å². The fourth-order valence-electron chi connectivity index (χ4n) is 1.94. The number of amides is 1. The highest BCUT2D eigenvalue weighted by atomic mass is 19.1. The number of halogens is 3. The lowest BCUT2D eigenvalue weighted by Gasteiger charge is -2.18. The Kier molecular flexibility index (Phi) is 2.99. The van der Waals surface area contributed by atoms with Gasteiger partial charge in [0.05, 0.1) is 11.6 Å². The fourth-order valence-corrected chi connectivity index (χ4v) is 1.94. The molecule has 0 radical (unpaired) electrons. The summed E-state index contributed by atoms with van der Waals surface area (Å²) < 4.78 is 40.0. The summed E-state index contributed by atoms with van der Waals surface area (Å²) in [5.41, 5.74) is -1.47. The average Bonchev–Trinajstić information content (AvgIpc) is 2.96. The predicted molar refractivity (Wildman–Crippen MR) is 55.6 cm³/mol. The molecule has 1 aliphatic rings. The molecule has 1 amide bonds. The van der Waals surface area contributed by atoms with E-state index in [-0.39, 0.29) is 12.0 Å². The number of carbonyl (C=O) groups is 1. The van der Waals surface area contributed by atoms with E-state index in [0.717, 1.165) is 0 Å². The summed E-state index contributed by atoms with van der Waals surface area (Å²) >= 11 is 0. The SMILES string of the molecule is N#CCC(=O)NC1(c2c(F)cc(F)cc2F)CC1. The first-order chi connectivity index (χ1) is 8.48. The summed E-state index contributed by atoms with van der Waals surface area (Å²) in [6.07, 6.45) is 0.347. The second-order valence-electron chi connectivity index (χ2n) is 4.21. The normalized spacial score (nSPS) is 15.9. The minimum atomic E-state index is -1.13. The summed E-state index contributed by atoms with van der Waals surface area (Å²) in [6.45, 7) is 0. The summed E-state index contributed by atoms with van der Waals surface area (Å²) in [4.78, 5) is 11.3. The lowest BCUT2D eigenvalue weighted by atomic mass is 10.0. The van der Waals surface area contributed by atoms with Crippen LogP contribution in [0.15, 0.2) is 12.1 Å². The maximum atomic E-state index is 13.6. The van der Waals surface area contributed by atoms with Crippen molar-refractivity contribution in [2.24, 2.45) is 0 Å². The first-order valence-corrected chi connectivity index (χ1v) is 5.31. The largest absolute Gasteiger partial charge is 0.345 e. The highest BCUT2D eigenvalue weighted by Crippen LogP contribution is 2.47. The van der Waals surface area contributed by atoms with E-state index in [1.54, 1.807) is 6.07 Å². The summed E-state index contributed by atoms with van der Waals surface area (Å²) in [5, 5.41) is 10.8. The quantitative estimate of drug-likeness (QED) is 0.898. The van der Waals surface area contributed by atoms with Crippen molar-refractivity contribution in [3.63, 3.8) is 0 Å². The van der Waals surface area contributed by atoms with Crippen LogP contribution >= 0.6 is 0 Å². The third-order valence-corrected chi connectivity index (χ3v) is 2.85. The topological polar surface area (TPSA) is 52.9 Å². The van der Waals surface area contributed by atoms with E-state index in [9.17, 15) is 18.0 Å². The van der Waals surface area contributed by atoms with Crippen LogP contribution in [0.1, 0.15) is 24.8 Å². The first-order valence-electron chi connectivity index (χ1n) is 5.31. The molecule has 0 aliphatic heterocycles. The summed E-state index contributed by atoms with van der Waals surface area (Å²) in [6, 6.07) is 2.80. The Balaban J connectivity index is 2.32. The van der Waals surface area contributed by atoms with Crippen molar-refractivity contribution >= 4 is 5.91 Å². The van der Waals surface area contributed by atoms with Gasteiger partial charge in [-0.25, -0.2) is 13.2 Å². The molecule has 2 rings (SSSR count). The molecule has 0 spiro atoms. The highest BCUT2D eigenvalue weighted by molar-refractivity contribution is 5.79. The number of carbonyl (C=O) groups excluding carboxylic acids is 1. The molecule has 1 N–H and O–H groups in total. The van der Waals surface area contributed by atoms with Crippen molar-refractivity contribution in [2.45, 2.75) is 24.8 Å². The second kappa shape index (κ2) is 4.33. The van der Waals surface area contributed by atoms with Gasteiger partial charge in [-0.3, -0.25) is 4.79 Å². The van der Waals surface area contributed by atoms with Gasteiger partial charge in [0.15, 0.2) is 0 Å². The maximum absolute atomic E-state index is 13.6. The number of hydrogen-bond acceptors (Lipinski definition) is 2. The van der Waals surface area contributed by atoms with Crippen LogP contribution in [0.2, 0.25) is 0 Å². The first kappa shape index (κ1) is 12.4. The van der Waals surface area contributed by atoms with Crippen LogP contribution in [-0.2, 0) is 10.3 Å². The molecule has 0 aromatic heterocycles. The number of benzene rings is 1. The van der Waals surface area contributed by atoms with Crippen molar-refractivity contribution in [1.29, 1.82) is 5.26 Å². The minimum Gasteiger partial charge on any atom is -0.345 e. The molecule has 6 heteroatoms. The van der Waals surface area contributed by atoms with Gasteiger partial charge >= 0.3 is 0 Å². The van der Waals surface area contributed by atoms with Crippen molar-refractivity contribution in [3.8, 4) is 6.07 Å². The van der Waals surface area contributed by atoms with Gasteiger partial charge in [0.1, 0.15) is 23.9 Å². The van der Waals surface area contributed by atoms with Crippen molar-refractivity contribution in [1.82, 2.24) is 5.32 Å². The number of hydrogen-bond donors (Lipinski definition) is 1. The molecule has 1 fully saturated rings. The van der Waals surface area contributed by atoms with E-state index in [0.29, 0.717) is 25.0 Å². The van der Waals surface area contributed by atoms with Crippen LogP contribution in [0.3, 0.4) is 0 Å². The van der Waals surface area contributed by atoms with Crippen LogP contribution in [-0.4, -0.2) is 5.91 Å². The Morgan fingerprint density at radius 1 is 1.33 bits per heavy atom. The highest BCUT2D eigenvalue weighted by Gasteiger charge is 2.49. The van der Waals surface area contributed by atoms with Gasteiger partial charge in [0.2, 0.25) is 5.91 Å². The van der Waals surface area contributed by atoms with E-state index in [4.69, 9.17) is 5.26 Å². The average molecular weight is 254 g/mol. The van der Waals surface area contributed by atoms with Crippen LogP contribution in [0, 0.1) is 28.8 Å². The number of nitrogens with one attached hydrogen (secondary N) is 1. The molecule has 0 saturated heterocycles. The molecular formula is C12H9F3N2O. The fraction of sp³-hybridized carbons (Fsp3) is 0.333. The molecule has 94 valence electrons. The van der Waals surface area contributed by atoms with E-state index < -0.39 is 28.9 Å². The van der Waals surface area contributed by atoms with E-state index in [1.807, 2.05) is 0 Å². The lowest BCUT2D eigenvalue weighted by Crippen LogP contribution is -2.36. The van der Waals surface area contributed by atoms with E-state index >= 15 is 0 Å². The third-order valence-electron chi connectivity index (χ3n) is 2.85. The molecule has 3 nitrogen and oxygen atoms in total. The van der Waals surface area contributed by atoms with Crippen molar-refractivity contribution in [2.75, 3.05) is 0 Å². The van der Waals surface area contributed by atoms with Gasteiger partial charge in [-0.05, 0) is 12.8 Å². The molecule has 0 bridgehead atoms. The summed E-state index contributed by atoms with van der Waals surface area (Å²) in [7, 11) is 0. The molecule has 1 aromatic rings. The Morgan fingerprint density at radius 3 is 2.33 bits per heavy atom. The summed E-state index contributed by atoms with van der Waals surface area (Å²) in [5.74, 6) is -3.66. The molecule has 0 atom stereocenters. The van der Waals surface area contributed by atoms with Crippen LogP contribution in [0.4, 0.5) is 13.2 Å². The van der Waals surface area contributed by atoms with E-state index in [1.165, 1.54) is 0 Å². The second-order valence-corrected chi connectivity index (χ2v) is 4.21. The molecule has 1 aromatic carbocycles. The van der Waals surface area contributed by atoms with Crippen LogP contribution in [0.25, 0.3) is 0 Å². The lowest BCUT2D eigenvalue weighted by molar-refractivity contribution is -0.121. The van der Waals surface area contributed by atoms with Gasteiger partial charge in [-0.2, -0.15) is 5.26 Å². The third kappa shape index (κ3) is 2.16. The van der Waals surface area contributed by atoms with Crippen LogP contribution in [0.5, 0.6) is 0 Å². The molecule has 18 heavy (non-hydrogen) atoms. The number of nitriles is 1. The van der Waals surface area contributed by atoms with E-state index in [2.05, 4.69) is 5.32 Å². The van der Waals surface area contributed by atoms with Gasteiger partial charge < -0.3 is 5.32 Å². The van der Waals surface area contributed by atoms with Gasteiger partial charge in [0, 0.05) is 17.7 Å². The van der Waals surface area contributed by atoms with Gasteiger partial charge in [-0.15, -0.1) is 0 Å². The van der Waals surface area contributed by atoms with Gasteiger partial charge in [0.25, 0.3) is 0 Å².